The average Bonchev–Trinajstić information content (AvgIpc) is 3.65. The molecular formula is C44H26B2N2O2. The number of fused-ring (bicyclic) bond motifs is 14. The summed E-state index contributed by atoms with van der Waals surface area (Å²) in [6.07, 6.45) is 0. The van der Waals surface area contributed by atoms with Crippen molar-refractivity contribution in [1.82, 2.24) is 9.13 Å². The standard InChI is InChI=1S/C44H26B2N2O2/c1-23-17-35-41-39(19-23)49-37-22-38-32(21-31(37)45(41)29-13-7-11-27-25-9-3-5-15-33(25)47(35)43(27)29)46-30-14-8-12-28-26-10-4-6-16-34(26)48(44(28)30)36-18-24(2)20-40(50-38)42(36)46/h3-22H,1-2H3. The van der Waals surface area contributed by atoms with Gasteiger partial charge in [-0.1, -0.05) is 78.9 Å². The number of aromatic nitrogens is 2. The van der Waals surface area contributed by atoms with Gasteiger partial charge in [0.2, 0.25) is 0 Å². The molecule has 0 saturated heterocycles. The fourth-order valence-corrected chi connectivity index (χ4v) is 10.1. The Hall–Kier alpha value is -6.13. The zero-order valence-electron chi connectivity index (χ0n) is 27.4. The number of nitrogens with zero attached hydrogens (tertiary/aromatic N) is 2. The van der Waals surface area contributed by atoms with Crippen LogP contribution in [0.5, 0.6) is 23.0 Å². The number of ether oxygens (including phenoxy) is 2. The Morgan fingerprint density at radius 2 is 0.880 bits per heavy atom. The van der Waals surface area contributed by atoms with E-state index in [0.717, 1.165) is 23.0 Å². The van der Waals surface area contributed by atoms with Crippen LogP contribution in [0.4, 0.5) is 0 Å². The first-order valence-electron chi connectivity index (χ1n) is 17.5. The smallest absolute Gasteiger partial charge is 0.256 e. The van der Waals surface area contributed by atoms with Gasteiger partial charge in [0.15, 0.2) is 0 Å². The van der Waals surface area contributed by atoms with Gasteiger partial charge >= 0.3 is 0 Å². The SMILES string of the molecule is Cc1cc2c3c(c1)-n1c4ccccc4c4cccc(c41)B3c1cc3c(cc1O2)Oc1cc(C)cc2c1B3c1cccc3c4ccccc4n-2c13. The quantitative estimate of drug-likeness (QED) is 0.181. The van der Waals surface area contributed by atoms with Crippen molar-refractivity contribution < 1.29 is 9.47 Å². The summed E-state index contributed by atoms with van der Waals surface area (Å²) in [4.78, 5) is 0. The van der Waals surface area contributed by atoms with Crippen molar-refractivity contribution >= 4 is 89.8 Å². The third-order valence-electron chi connectivity index (χ3n) is 11.9. The summed E-state index contributed by atoms with van der Waals surface area (Å²) in [5, 5.41) is 5.15. The molecular weight excluding hydrogens is 610 g/mol. The number of benzene rings is 7. The van der Waals surface area contributed by atoms with Gasteiger partial charge in [0.1, 0.15) is 23.0 Å². The van der Waals surface area contributed by atoms with Crippen LogP contribution >= 0.6 is 0 Å². The summed E-state index contributed by atoms with van der Waals surface area (Å²) < 4.78 is 18.8. The van der Waals surface area contributed by atoms with Gasteiger partial charge in [-0.3, -0.25) is 0 Å². The number of rotatable bonds is 0. The van der Waals surface area contributed by atoms with Crippen LogP contribution in [-0.4, -0.2) is 22.6 Å². The number of hydrogen-bond acceptors (Lipinski definition) is 2. The van der Waals surface area contributed by atoms with Gasteiger partial charge in [0, 0.05) is 50.0 Å². The van der Waals surface area contributed by atoms with Crippen LogP contribution in [0, 0.1) is 13.8 Å². The number of hydrogen-bond donors (Lipinski definition) is 0. The second-order valence-electron chi connectivity index (χ2n) is 14.6. The summed E-state index contributed by atoms with van der Waals surface area (Å²) in [6, 6.07) is 45.0. The largest absolute Gasteiger partial charge is 0.458 e. The molecule has 2 aromatic heterocycles. The summed E-state index contributed by atoms with van der Waals surface area (Å²) in [6.45, 7) is 4.40. The predicted molar refractivity (Wildman–Crippen MR) is 207 cm³/mol. The molecule has 0 aliphatic carbocycles. The molecule has 0 spiro atoms. The molecule has 0 N–H and O–H groups in total. The van der Waals surface area contributed by atoms with E-state index in [1.54, 1.807) is 0 Å². The molecule has 0 saturated carbocycles. The van der Waals surface area contributed by atoms with E-state index in [1.165, 1.54) is 98.9 Å². The Labute approximate surface area is 288 Å². The highest BCUT2D eigenvalue weighted by atomic mass is 16.5. The van der Waals surface area contributed by atoms with E-state index in [0.29, 0.717) is 0 Å². The fourth-order valence-electron chi connectivity index (χ4n) is 10.1. The lowest BCUT2D eigenvalue weighted by molar-refractivity contribution is 0.465. The van der Waals surface area contributed by atoms with Crippen molar-refractivity contribution in [2.24, 2.45) is 0 Å². The van der Waals surface area contributed by atoms with Gasteiger partial charge in [-0.25, -0.2) is 0 Å². The average molecular weight is 636 g/mol. The molecule has 0 unspecified atom stereocenters. The van der Waals surface area contributed by atoms with E-state index in [-0.39, 0.29) is 13.4 Å². The lowest BCUT2D eigenvalue weighted by atomic mass is 9.31. The van der Waals surface area contributed by atoms with E-state index in [9.17, 15) is 0 Å². The van der Waals surface area contributed by atoms with Crippen LogP contribution in [0.15, 0.2) is 121 Å². The van der Waals surface area contributed by atoms with Gasteiger partial charge in [-0.15, -0.1) is 0 Å². The number of aryl methyl sites for hydroxylation is 2. The zero-order valence-corrected chi connectivity index (χ0v) is 27.4. The van der Waals surface area contributed by atoms with Crippen molar-refractivity contribution in [3.05, 3.63) is 132 Å². The normalized spacial score (nSPS) is 14.0. The van der Waals surface area contributed by atoms with Crippen LogP contribution in [0.3, 0.4) is 0 Å². The Kier molecular flexibility index (Phi) is 4.41. The minimum atomic E-state index is 0.0277. The molecule has 0 bridgehead atoms. The molecule has 13 rings (SSSR count). The molecule has 6 heterocycles. The maximum Gasteiger partial charge on any atom is 0.256 e. The highest BCUT2D eigenvalue weighted by Crippen LogP contribution is 2.41. The monoisotopic (exact) mass is 636 g/mol. The third-order valence-corrected chi connectivity index (χ3v) is 11.9. The summed E-state index contributed by atoms with van der Waals surface area (Å²) >= 11 is 0. The molecule has 6 heteroatoms. The van der Waals surface area contributed by atoms with Gasteiger partial charge in [0.25, 0.3) is 13.4 Å². The number of para-hydroxylation sites is 4. The maximum atomic E-state index is 6.95. The second-order valence-corrected chi connectivity index (χ2v) is 14.6. The van der Waals surface area contributed by atoms with E-state index < -0.39 is 0 Å². The third kappa shape index (κ3) is 2.88. The first-order chi connectivity index (χ1) is 24.6. The maximum absolute atomic E-state index is 6.95. The van der Waals surface area contributed by atoms with Crippen molar-refractivity contribution in [2.75, 3.05) is 0 Å². The lowest BCUT2D eigenvalue weighted by Gasteiger charge is -2.37. The van der Waals surface area contributed by atoms with Crippen LogP contribution in [0.25, 0.3) is 55.0 Å². The van der Waals surface area contributed by atoms with Crippen LogP contribution < -0.4 is 42.3 Å². The fraction of sp³-hybridized carbons (Fsp3) is 0.0455. The molecule has 4 aliphatic rings. The van der Waals surface area contributed by atoms with E-state index in [4.69, 9.17) is 9.47 Å². The molecule has 4 aliphatic heterocycles. The first-order valence-corrected chi connectivity index (χ1v) is 17.5. The van der Waals surface area contributed by atoms with Gasteiger partial charge in [0.05, 0.1) is 11.0 Å². The van der Waals surface area contributed by atoms with Crippen molar-refractivity contribution in [2.45, 2.75) is 13.8 Å². The van der Waals surface area contributed by atoms with Crippen LogP contribution in [-0.2, 0) is 0 Å². The Morgan fingerprint density at radius 3 is 1.38 bits per heavy atom. The van der Waals surface area contributed by atoms with Gasteiger partial charge < -0.3 is 18.6 Å². The van der Waals surface area contributed by atoms with E-state index >= 15 is 0 Å². The predicted octanol–water partition coefficient (Wildman–Crippen LogP) is 6.37. The molecule has 230 valence electrons. The van der Waals surface area contributed by atoms with Crippen LogP contribution in [0.1, 0.15) is 11.1 Å². The molecule has 50 heavy (non-hydrogen) atoms. The second kappa shape index (κ2) is 8.53. The molecule has 4 nitrogen and oxygen atoms in total. The molecule has 0 atom stereocenters. The topological polar surface area (TPSA) is 28.3 Å². The zero-order chi connectivity index (χ0) is 32.6. The molecule has 9 aromatic rings. The minimum absolute atomic E-state index is 0.0277. The summed E-state index contributed by atoms with van der Waals surface area (Å²) in [5.74, 6) is 3.61. The Morgan fingerprint density at radius 1 is 0.420 bits per heavy atom. The molecule has 0 amide bonds. The Balaban J connectivity index is 1.14. The Bertz CT molecular complexity index is 2890. The van der Waals surface area contributed by atoms with Crippen molar-refractivity contribution in [3.8, 4) is 34.4 Å². The van der Waals surface area contributed by atoms with Gasteiger partial charge in [-0.05, 0) is 94.1 Å². The highest BCUT2D eigenvalue weighted by molar-refractivity contribution is 7.02. The molecule has 0 fully saturated rings. The molecule has 0 radical (unpaired) electrons. The van der Waals surface area contributed by atoms with Crippen LogP contribution in [0.2, 0.25) is 0 Å². The first kappa shape index (κ1) is 25.8. The van der Waals surface area contributed by atoms with Gasteiger partial charge in [-0.2, -0.15) is 0 Å². The van der Waals surface area contributed by atoms with Crippen molar-refractivity contribution in [1.29, 1.82) is 0 Å². The summed E-state index contributed by atoms with van der Waals surface area (Å²) in [5.41, 5.74) is 17.4. The van der Waals surface area contributed by atoms with Crippen molar-refractivity contribution in [3.63, 3.8) is 0 Å². The lowest BCUT2D eigenvalue weighted by Crippen LogP contribution is -2.62. The van der Waals surface area contributed by atoms with E-state index in [2.05, 4.69) is 144 Å². The molecule has 7 aromatic carbocycles. The highest BCUT2D eigenvalue weighted by Gasteiger charge is 2.45. The summed E-state index contributed by atoms with van der Waals surface area (Å²) in [7, 11) is 0. The van der Waals surface area contributed by atoms with E-state index in [1.807, 2.05) is 0 Å². The minimum Gasteiger partial charge on any atom is -0.458 e.